The number of rotatable bonds is 7. The highest BCUT2D eigenvalue weighted by Crippen LogP contribution is 2.32. The smallest absolute Gasteiger partial charge is 0.180 e. The Balaban J connectivity index is 0.00000280. The third-order valence-corrected chi connectivity index (χ3v) is 6.66. The lowest BCUT2D eigenvalue weighted by Crippen LogP contribution is -2.38. The van der Waals surface area contributed by atoms with Gasteiger partial charge in [0.25, 0.3) is 0 Å². The van der Waals surface area contributed by atoms with Gasteiger partial charge in [0.05, 0.1) is 25.1 Å². The summed E-state index contributed by atoms with van der Waals surface area (Å²) in [6, 6.07) is 18.9. The van der Waals surface area contributed by atoms with Crippen molar-refractivity contribution in [3.8, 4) is 22.5 Å². The summed E-state index contributed by atoms with van der Waals surface area (Å²) in [6.07, 6.45) is 4.60. The lowest BCUT2D eigenvalue weighted by molar-refractivity contribution is 0.122. The Morgan fingerprint density at radius 2 is 1.76 bits per heavy atom. The molecule has 0 unspecified atom stereocenters. The largest absolute Gasteiger partial charge is 0.378 e. The first-order valence-electron chi connectivity index (χ1n) is 12.4. The minimum absolute atomic E-state index is 0. The van der Waals surface area contributed by atoms with E-state index in [1.165, 1.54) is 11.1 Å². The third-order valence-electron chi connectivity index (χ3n) is 6.66. The maximum atomic E-state index is 5.64. The zero-order chi connectivity index (χ0) is 24.3. The van der Waals surface area contributed by atoms with Gasteiger partial charge in [0.15, 0.2) is 11.5 Å². The molecule has 10 heteroatoms. The molecule has 0 atom stereocenters. The van der Waals surface area contributed by atoms with Crippen LogP contribution < -0.4 is 4.90 Å². The SMILES string of the molecule is CCCc1nc2ccnn2c(N2CCOCC2)c1Cc1ccc(-c2ccccc2-c2nnn[nH]2)cc1.Cl. The van der Waals surface area contributed by atoms with Crippen molar-refractivity contribution in [2.24, 2.45) is 0 Å². The molecule has 2 aromatic carbocycles. The summed E-state index contributed by atoms with van der Waals surface area (Å²) in [6.45, 7) is 5.36. The fourth-order valence-electron chi connectivity index (χ4n) is 4.95. The normalized spacial score (nSPS) is 13.6. The maximum absolute atomic E-state index is 5.64. The summed E-state index contributed by atoms with van der Waals surface area (Å²) in [5.74, 6) is 1.80. The molecule has 5 aromatic rings. The second-order valence-electron chi connectivity index (χ2n) is 8.98. The number of aromatic nitrogens is 7. The molecule has 1 aliphatic rings. The quantitative estimate of drug-likeness (QED) is 0.343. The van der Waals surface area contributed by atoms with Crippen LogP contribution in [-0.2, 0) is 17.6 Å². The third kappa shape index (κ3) is 4.92. The van der Waals surface area contributed by atoms with E-state index in [9.17, 15) is 0 Å². The minimum Gasteiger partial charge on any atom is -0.378 e. The molecule has 1 aliphatic heterocycles. The van der Waals surface area contributed by atoms with E-state index in [-0.39, 0.29) is 12.4 Å². The maximum Gasteiger partial charge on any atom is 0.180 e. The molecule has 9 nitrogen and oxygen atoms in total. The number of hydrogen-bond donors (Lipinski definition) is 1. The van der Waals surface area contributed by atoms with Gasteiger partial charge in [0, 0.05) is 36.7 Å². The highest BCUT2D eigenvalue weighted by Gasteiger charge is 2.23. The highest BCUT2D eigenvalue weighted by molar-refractivity contribution is 5.85. The van der Waals surface area contributed by atoms with Crippen LogP contribution >= 0.6 is 12.4 Å². The van der Waals surface area contributed by atoms with Gasteiger partial charge in [-0.1, -0.05) is 61.9 Å². The van der Waals surface area contributed by atoms with Crippen LogP contribution in [0.2, 0.25) is 0 Å². The molecule has 0 bridgehead atoms. The highest BCUT2D eigenvalue weighted by atomic mass is 35.5. The van der Waals surface area contributed by atoms with Gasteiger partial charge in [-0.05, 0) is 33.5 Å². The van der Waals surface area contributed by atoms with Crippen LogP contribution in [0.3, 0.4) is 0 Å². The lowest BCUT2D eigenvalue weighted by Gasteiger charge is -2.31. The van der Waals surface area contributed by atoms with E-state index in [1.54, 1.807) is 0 Å². The Kier molecular flexibility index (Phi) is 7.43. The average molecular weight is 517 g/mol. The summed E-state index contributed by atoms with van der Waals surface area (Å²) in [5.41, 5.74) is 7.71. The van der Waals surface area contributed by atoms with Crippen LogP contribution in [0, 0.1) is 0 Å². The number of halogens is 1. The second-order valence-corrected chi connectivity index (χ2v) is 8.98. The number of morpholine rings is 1. The van der Waals surface area contributed by atoms with Gasteiger partial charge in [0.2, 0.25) is 0 Å². The summed E-state index contributed by atoms with van der Waals surface area (Å²) in [7, 11) is 0. The summed E-state index contributed by atoms with van der Waals surface area (Å²) in [5, 5.41) is 19.1. The number of tetrazole rings is 1. The van der Waals surface area contributed by atoms with Crippen LogP contribution in [0.5, 0.6) is 0 Å². The summed E-state index contributed by atoms with van der Waals surface area (Å²) >= 11 is 0. The van der Waals surface area contributed by atoms with E-state index in [4.69, 9.17) is 9.72 Å². The van der Waals surface area contributed by atoms with Gasteiger partial charge in [-0.15, -0.1) is 17.5 Å². The van der Waals surface area contributed by atoms with Crippen molar-refractivity contribution in [2.45, 2.75) is 26.2 Å². The number of fused-ring (bicyclic) bond motifs is 1. The molecular weight excluding hydrogens is 488 g/mol. The van der Waals surface area contributed by atoms with E-state index in [2.05, 4.69) is 67.9 Å². The van der Waals surface area contributed by atoms with Crippen molar-refractivity contribution in [2.75, 3.05) is 31.2 Å². The molecule has 190 valence electrons. The molecule has 0 amide bonds. The van der Waals surface area contributed by atoms with E-state index in [1.807, 2.05) is 35.0 Å². The molecule has 1 N–H and O–H groups in total. The van der Waals surface area contributed by atoms with Crippen LogP contribution in [0.1, 0.15) is 30.2 Å². The van der Waals surface area contributed by atoms with Crippen LogP contribution in [-0.4, -0.2) is 61.5 Å². The number of nitrogens with zero attached hydrogens (tertiary/aromatic N) is 7. The lowest BCUT2D eigenvalue weighted by atomic mass is 9.96. The monoisotopic (exact) mass is 516 g/mol. The van der Waals surface area contributed by atoms with Gasteiger partial charge < -0.3 is 9.64 Å². The molecule has 1 saturated heterocycles. The first-order chi connectivity index (χ1) is 17.8. The summed E-state index contributed by atoms with van der Waals surface area (Å²) in [4.78, 5) is 7.40. The zero-order valence-electron chi connectivity index (χ0n) is 20.7. The van der Waals surface area contributed by atoms with Crippen molar-refractivity contribution >= 4 is 23.9 Å². The molecule has 3 aromatic heterocycles. The molecule has 6 rings (SSSR count). The molecule has 0 aliphatic carbocycles. The Morgan fingerprint density at radius 1 is 0.973 bits per heavy atom. The minimum atomic E-state index is 0. The predicted molar refractivity (Wildman–Crippen MR) is 145 cm³/mol. The Labute approximate surface area is 221 Å². The van der Waals surface area contributed by atoms with Crippen molar-refractivity contribution in [1.29, 1.82) is 0 Å². The van der Waals surface area contributed by atoms with Crippen molar-refractivity contribution in [3.63, 3.8) is 0 Å². The number of benzene rings is 2. The Bertz CT molecular complexity index is 1460. The van der Waals surface area contributed by atoms with Crippen molar-refractivity contribution in [1.82, 2.24) is 35.2 Å². The van der Waals surface area contributed by atoms with Crippen molar-refractivity contribution < 1.29 is 4.74 Å². The van der Waals surface area contributed by atoms with Gasteiger partial charge in [-0.3, -0.25) is 0 Å². The average Bonchev–Trinajstić information content (AvgIpc) is 3.63. The molecule has 0 radical (unpaired) electrons. The van der Waals surface area contributed by atoms with Crippen LogP contribution in [0.15, 0.2) is 60.8 Å². The first-order valence-corrected chi connectivity index (χ1v) is 12.4. The molecule has 4 heterocycles. The molecular formula is C27H29ClN8O. The van der Waals surface area contributed by atoms with E-state index >= 15 is 0 Å². The number of aryl methyl sites for hydroxylation is 1. The van der Waals surface area contributed by atoms with Gasteiger partial charge in [-0.25, -0.2) is 10.1 Å². The number of hydrogen-bond acceptors (Lipinski definition) is 7. The fourth-order valence-corrected chi connectivity index (χ4v) is 4.95. The van der Waals surface area contributed by atoms with Gasteiger partial charge in [-0.2, -0.15) is 9.61 Å². The zero-order valence-corrected chi connectivity index (χ0v) is 21.5. The second kappa shape index (κ2) is 11.1. The topological polar surface area (TPSA) is 97.1 Å². The van der Waals surface area contributed by atoms with Crippen molar-refractivity contribution in [3.05, 3.63) is 77.6 Å². The first kappa shape index (κ1) is 24.9. The predicted octanol–water partition coefficient (Wildman–Crippen LogP) is 4.38. The number of H-pyrrole nitrogens is 1. The Hall–Kier alpha value is -3.82. The molecule has 1 fully saturated rings. The summed E-state index contributed by atoms with van der Waals surface area (Å²) < 4.78 is 7.64. The standard InChI is InChI=1S/C27H28N8O.ClH/c1-2-5-24-23(27(34-14-16-36-17-15-34)35-25(29-24)12-13-28-35)18-19-8-10-20(11-9-19)21-6-3-4-7-22(21)26-30-32-33-31-26;/h3-4,6-13H,2,5,14-18H2,1H3,(H,30,31,32,33);1H. The van der Waals surface area contributed by atoms with Gasteiger partial charge in [0.1, 0.15) is 5.82 Å². The number of aromatic amines is 1. The Morgan fingerprint density at radius 3 is 2.49 bits per heavy atom. The number of anilines is 1. The molecule has 0 saturated carbocycles. The van der Waals surface area contributed by atoms with E-state index < -0.39 is 0 Å². The number of ether oxygens (including phenoxy) is 1. The fraction of sp³-hybridized carbons (Fsp3) is 0.296. The van der Waals surface area contributed by atoms with E-state index in [0.717, 1.165) is 79.4 Å². The molecule has 37 heavy (non-hydrogen) atoms. The number of nitrogens with one attached hydrogen (secondary N) is 1. The van der Waals surface area contributed by atoms with Crippen LogP contribution in [0.25, 0.3) is 28.2 Å². The molecule has 0 spiro atoms. The van der Waals surface area contributed by atoms with E-state index in [0.29, 0.717) is 5.82 Å². The van der Waals surface area contributed by atoms with Crippen LogP contribution in [0.4, 0.5) is 5.82 Å². The van der Waals surface area contributed by atoms with Gasteiger partial charge >= 0.3 is 0 Å².